The lowest BCUT2D eigenvalue weighted by Crippen LogP contribution is -2.24. The van der Waals surface area contributed by atoms with Crippen LogP contribution in [-0.4, -0.2) is 21.6 Å². The van der Waals surface area contributed by atoms with Crippen molar-refractivity contribution in [3.63, 3.8) is 0 Å². The number of aliphatic hydroxyl groups excluding tert-OH is 1. The van der Waals surface area contributed by atoms with E-state index in [9.17, 15) is 15.2 Å². The first-order chi connectivity index (χ1) is 10.1. The van der Waals surface area contributed by atoms with Gasteiger partial charge in [-0.1, -0.05) is 6.07 Å². The van der Waals surface area contributed by atoms with Gasteiger partial charge in [0.2, 0.25) is 0 Å². The Labute approximate surface area is 122 Å². The number of nitro benzene ring substituents is 1. The Bertz CT molecular complexity index is 587. The molecule has 0 saturated carbocycles. The van der Waals surface area contributed by atoms with Crippen molar-refractivity contribution in [2.24, 2.45) is 0 Å². The summed E-state index contributed by atoms with van der Waals surface area (Å²) >= 11 is 0. The van der Waals surface area contributed by atoms with Gasteiger partial charge in [0, 0.05) is 37.1 Å². The molecule has 2 N–H and O–H groups in total. The maximum absolute atomic E-state index is 10.6. The van der Waals surface area contributed by atoms with E-state index in [1.54, 1.807) is 24.5 Å². The molecule has 0 bridgehead atoms. The predicted octanol–water partition coefficient (Wildman–Crippen LogP) is 2.37. The number of aromatic nitrogens is 1. The molecule has 6 heteroatoms. The maximum atomic E-state index is 10.6. The van der Waals surface area contributed by atoms with Crippen LogP contribution in [0.3, 0.4) is 0 Å². The van der Waals surface area contributed by atoms with E-state index in [0.29, 0.717) is 12.1 Å². The van der Waals surface area contributed by atoms with Crippen molar-refractivity contribution in [1.29, 1.82) is 0 Å². The molecule has 110 valence electrons. The highest BCUT2D eigenvalue weighted by Crippen LogP contribution is 2.18. The van der Waals surface area contributed by atoms with Crippen molar-refractivity contribution >= 4 is 5.69 Å². The van der Waals surface area contributed by atoms with Gasteiger partial charge >= 0.3 is 0 Å². The number of rotatable bonds is 6. The van der Waals surface area contributed by atoms with Crippen LogP contribution in [0.25, 0.3) is 0 Å². The topological polar surface area (TPSA) is 88.3 Å². The minimum atomic E-state index is -0.718. The third kappa shape index (κ3) is 4.08. The van der Waals surface area contributed by atoms with Crippen LogP contribution in [-0.2, 0) is 0 Å². The van der Waals surface area contributed by atoms with Gasteiger partial charge in [-0.3, -0.25) is 15.1 Å². The quantitative estimate of drug-likeness (QED) is 0.629. The molecule has 0 aliphatic rings. The fourth-order valence-corrected chi connectivity index (χ4v) is 1.97. The number of nitrogens with zero attached hydrogens (tertiary/aromatic N) is 2. The van der Waals surface area contributed by atoms with E-state index in [1.165, 1.54) is 12.1 Å². The van der Waals surface area contributed by atoms with Crippen molar-refractivity contribution in [3.05, 3.63) is 70.0 Å². The zero-order valence-electron chi connectivity index (χ0n) is 11.6. The predicted molar refractivity (Wildman–Crippen MR) is 78.7 cm³/mol. The Morgan fingerprint density at radius 2 is 2.00 bits per heavy atom. The molecule has 6 nitrogen and oxygen atoms in total. The zero-order chi connectivity index (χ0) is 15.2. The Balaban J connectivity index is 1.92. The van der Waals surface area contributed by atoms with Crippen LogP contribution in [0.1, 0.15) is 30.2 Å². The SMILES string of the molecule is C[C@@H](NCC(O)c1ccc([N+](=O)[O-])cc1)c1cccnc1. The number of benzene rings is 1. The van der Waals surface area contributed by atoms with E-state index in [2.05, 4.69) is 10.3 Å². The number of nitro groups is 1. The summed E-state index contributed by atoms with van der Waals surface area (Å²) in [6.45, 7) is 2.34. The molecule has 0 fully saturated rings. The van der Waals surface area contributed by atoms with E-state index in [4.69, 9.17) is 0 Å². The summed E-state index contributed by atoms with van der Waals surface area (Å²) in [5.74, 6) is 0. The molecule has 0 aliphatic carbocycles. The molecule has 0 amide bonds. The second kappa shape index (κ2) is 6.92. The molecule has 1 unspecified atom stereocenters. The average Bonchev–Trinajstić information content (AvgIpc) is 2.53. The van der Waals surface area contributed by atoms with Crippen LogP contribution in [0.4, 0.5) is 5.69 Å². The van der Waals surface area contributed by atoms with Crippen molar-refractivity contribution in [3.8, 4) is 0 Å². The summed E-state index contributed by atoms with van der Waals surface area (Å²) in [6.07, 6.45) is 2.77. The summed E-state index contributed by atoms with van der Waals surface area (Å²) in [6, 6.07) is 9.81. The van der Waals surface area contributed by atoms with E-state index in [0.717, 1.165) is 5.56 Å². The van der Waals surface area contributed by atoms with Crippen molar-refractivity contribution < 1.29 is 10.0 Å². The molecule has 2 rings (SSSR count). The van der Waals surface area contributed by atoms with Crippen molar-refractivity contribution in [2.75, 3.05) is 6.54 Å². The molecule has 1 aromatic heterocycles. The molecular weight excluding hydrogens is 270 g/mol. The van der Waals surface area contributed by atoms with Crippen LogP contribution in [0.2, 0.25) is 0 Å². The summed E-state index contributed by atoms with van der Waals surface area (Å²) < 4.78 is 0. The average molecular weight is 287 g/mol. The monoisotopic (exact) mass is 287 g/mol. The Morgan fingerprint density at radius 3 is 2.57 bits per heavy atom. The Kier molecular flexibility index (Phi) is 4.97. The van der Waals surface area contributed by atoms with Gasteiger partial charge in [0.15, 0.2) is 0 Å². The van der Waals surface area contributed by atoms with Crippen LogP contribution in [0.15, 0.2) is 48.8 Å². The lowest BCUT2D eigenvalue weighted by Gasteiger charge is -2.17. The number of aliphatic hydroxyl groups is 1. The first-order valence-corrected chi connectivity index (χ1v) is 6.63. The molecule has 2 aromatic rings. The van der Waals surface area contributed by atoms with Gasteiger partial charge in [0.25, 0.3) is 5.69 Å². The lowest BCUT2D eigenvalue weighted by molar-refractivity contribution is -0.384. The third-order valence-electron chi connectivity index (χ3n) is 3.29. The molecule has 1 heterocycles. The van der Waals surface area contributed by atoms with E-state index in [-0.39, 0.29) is 11.7 Å². The van der Waals surface area contributed by atoms with Gasteiger partial charge in [-0.25, -0.2) is 0 Å². The van der Waals surface area contributed by atoms with E-state index < -0.39 is 11.0 Å². The summed E-state index contributed by atoms with van der Waals surface area (Å²) in [5, 5.41) is 23.9. The zero-order valence-corrected chi connectivity index (χ0v) is 11.6. The molecular formula is C15H17N3O3. The van der Waals surface area contributed by atoms with Gasteiger partial charge < -0.3 is 10.4 Å². The molecule has 0 aliphatic heterocycles. The molecule has 0 radical (unpaired) electrons. The van der Waals surface area contributed by atoms with Gasteiger partial charge in [-0.2, -0.15) is 0 Å². The largest absolute Gasteiger partial charge is 0.387 e. The van der Waals surface area contributed by atoms with Gasteiger partial charge in [0.05, 0.1) is 11.0 Å². The van der Waals surface area contributed by atoms with E-state index in [1.807, 2.05) is 19.1 Å². The van der Waals surface area contributed by atoms with Gasteiger partial charge in [-0.15, -0.1) is 0 Å². The van der Waals surface area contributed by atoms with E-state index >= 15 is 0 Å². The number of nitrogens with one attached hydrogen (secondary N) is 1. The highest BCUT2D eigenvalue weighted by Gasteiger charge is 2.12. The van der Waals surface area contributed by atoms with Crippen molar-refractivity contribution in [2.45, 2.75) is 19.1 Å². The minimum absolute atomic E-state index is 0.0163. The molecule has 0 saturated heterocycles. The molecule has 0 spiro atoms. The van der Waals surface area contributed by atoms with Crippen LogP contribution in [0.5, 0.6) is 0 Å². The fourth-order valence-electron chi connectivity index (χ4n) is 1.97. The first kappa shape index (κ1) is 15.1. The van der Waals surface area contributed by atoms with Gasteiger partial charge in [-0.05, 0) is 36.2 Å². The maximum Gasteiger partial charge on any atom is 0.269 e. The molecule has 2 atom stereocenters. The summed E-state index contributed by atoms with van der Waals surface area (Å²) in [5.41, 5.74) is 1.70. The first-order valence-electron chi connectivity index (χ1n) is 6.63. The second-order valence-corrected chi connectivity index (χ2v) is 4.78. The van der Waals surface area contributed by atoms with Crippen LogP contribution < -0.4 is 5.32 Å². The smallest absolute Gasteiger partial charge is 0.269 e. The number of hydrogen-bond donors (Lipinski definition) is 2. The number of non-ortho nitro benzene ring substituents is 1. The van der Waals surface area contributed by atoms with Crippen molar-refractivity contribution in [1.82, 2.24) is 10.3 Å². The standard InChI is InChI=1S/C15H17N3O3/c1-11(13-3-2-8-16-9-13)17-10-15(19)12-4-6-14(7-5-12)18(20)21/h2-9,11,15,17,19H,10H2,1H3/t11-,15?/m1/s1. The Morgan fingerprint density at radius 1 is 1.29 bits per heavy atom. The minimum Gasteiger partial charge on any atom is -0.387 e. The fraction of sp³-hybridized carbons (Fsp3) is 0.267. The number of pyridine rings is 1. The van der Waals surface area contributed by atoms with Gasteiger partial charge in [0.1, 0.15) is 0 Å². The highest BCUT2D eigenvalue weighted by molar-refractivity contribution is 5.33. The van der Waals surface area contributed by atoms with Crippen LogP contribution >= 0.6 is 0 Å². The normalized spacial score (nSPS) is 13.6. The number of hydrogen-bond acceptors (Lipinski definition) is 5. The summed E-state index contributed by atoms with van der Waals surface area (Å²) in [7, 11) is 0. The molecule has 21 heavy (non-hydrogen) atoms. The lowest BCUT2D eigenvalue weighted by atomic mass is 10.1. The third-order valence-corrected chi connectivity index (χ3v) is 3.29. The Hall–Kier alpha value is -2.31. The highest BCUT2D eigenvalue weighted by atomic mass is 16.6. The second-order valence-electron chi connectivity index (χ2n) is 4.78. The van der Waals surface area contributed by atoms with Crippen LogP contribution in [0, 0.1) is 10.1 Å². The molecule has 1 aromatic carbocycles. The summed E-state index contributed by atoms with van der Waals surface area (Å²) in [4.78, 5) is 14.2.